The van der Waals surface area contributed by atoms with E-state index in [-0.39, 0.29) is 24.3 Å². The summed E-state index contributed by atoms with van der Waals surface area (Å²) in [6.07, 6.45) is 1.42. The second-order valence-corrected chi connectivity index (χ2v) is 7.02. The first-order valence-electron chi connectivity index (χ1n) is 8.80. The molecule has 5 N–H and O–H groups in total. The fourth-order valence-electron chi connectivity index (χ4n) is 2.58. The van der Waals surface area contributed by atoms with E-state index in [4.69, 9.17) is 17.3 Å². The lowest BCUT2D eigenvalue weighted by Crippen LogP contribution is -2.48. The molecule has 0 fully saturated rings. The quantitative estimate of drug-likeness (QED) is 0.525. The van der Waals surface area contributed by atoms with Gasteiger partial charge in [-0.15, -0.1) is 12.4 Å². The molecule has 6 nitrogen and oxygen atoms in total. The molecule has 0 aliphatic rings. The average molecular weight is 425 g/mol. The molecule has 0 heterocycles. The van der Waals surface area contributed by atoms with E-state index in [1.54, 1.807) is 43.3 Å². The summed E-state index contributed by atoms with van der Waals surface area (Å²) in [4.78, 5) is 24.3. The normalized spacial score (nSPS) is 12.3. The summed E-state index contributed by atoms with van der Waals surface area (Å²) in [6.45, 7) is 4.00. The van der Waals surface area contributed by atoms with Crippen molar-refractivity contribution in [3.05, 3.63) is 59.1 Å². The number of rotatable bonds is 7. The molecule has 0 aliphatic heterocycles. The number of anilines is 2. The molecule has 0 aromatic heterocycles. The number of carbonyl (C=O) groups excluding carboxylic acids is 2. The summed E-state index contributed by atoms with van der Waals surface area (Å²) < 4.78 is 0. The highest BCUT2D eigenvalue weighted by Crippen LogP contribution is 2.20. The van der Waals surface area contributed by atoms with Crippen LogP contribution in [0.5, 0.6) is 0 Å². The topological polar surface area (TPSA) is 96.2 Å². The average Bonchev–Trinajstić information content (AvgIpc) is 2.62. The van der Waals surface area contributed by atoms with Crippen molar-refractivity contribution in [2.75, 3.05) is 10.6 Å². The van der Waals surface area contributed by atoms with Crippen LogP contribution >= 0.6 is 24.0 Å². The third kappa shape index (κ3) is 7.03. The Balaban J connectivity index is 0.00000392. The van der Waals surface area contributed by atoms with Gasteiger partial charge >= 0.3 is 6.03 Å². The number of carbonyl (C=O) groups is 2. The molecule has 2 aromatic rings. The first-order chi connectivity index (χ1) is 12.8. The summed E-state index contributed by atoms with van der Waals surface area (Å²) in [6, 6.07) is 13.9. The zero-order valence-corrected chi connectivity index (χ0v) is 17.5. The lowest BCUT2D eigenvalue weighted by atomic mass is 9.96. The summed E-state index contributed by atoms with van der Waals surface area (Å²) in [7, 11) is 0. The molecule has 3 amide bonds. The fourth-order valence-corrected chi connectivity index (χ4v) is 2.76. The summed E-state index contributed by atoms with van der Waals surface area (Å²) in [5.74, 6) is -0.231. The van der Waals surface area contributed by atoms with E-state index < -0.39 is 5.54 Å². The van der Waals surface area contributed by atoms with Crippen molar-refractivity contribution < 1.29 is 9.59 Å². The Morgan fingerprint density at radius 3 is 2.50 bits per heavy atom. The second-order valence-electron chi connectivity index (χ2n) is 6.61. The van der Waals surface area contributed by atoms with Gasteiger partial charge in [-0.3, -0.25) is 4.79 Å². The van der Waals surface area contributed by atoms with Gasteiger partial charge in [0.1, 0.15) is 0 Å². The van der Waals surface area contributed by atoms with Crippen LogP contribution < -0.4 is 21.7 Å². The molecule has 152 valence electrons. The standard InChI is InChI=1S/C20H25ClN4O2.ClH/c1-3-11-20(2,22)18(26)24-15-8-6-7-14(12-15)13-23-19(27)25-17-10-5-4-9-16(17)21;/h4-10,12H,3,11,13,22H2,1-2H3,(H,24,26)(H2,23,25,27);1H. The van der Waals surface area contributed by atoms with E-state index in [0.29, 0.717) is 29.4 Å². The summed E-state index contributed by atoms with van der Waals surface area (Å²) in [5.41, 5.74) is 7.15. The van der Waals surface area contributed by atoms with E-state index >= 15 is 0 Å². The Morgan fingerprint density at radius 1 is 1.11 bits per heavy atom. The van der Waals surface area contributed by atoms with Gasteiger partial charge in [0.2, 0.25) is 5.91 Å². The molecular formula is C20H26Cl2N4O2. The molecule has 2 aromatic carbocycles. The van der Waals surface area contributed by atoms with Crippen LogP contribution in [-0.4, -0.2) is 17.5 Å². The van der Waals surface area contributed by atoms with Crippen LogP contribution in [0.1, 0.15) is 32.3 Å². The fraction of sp³-hybridized carbons (Fsp3) is 0.300. The van der Waals surface area contributed by atoms with Gasteiger partial charge < -0.3 is 21.7 Å². The Labute approximate surface area is 176 Å². The number of benzene rings is 2. The minimum Gasteiger partial charge on any atom is -0.334 e. The van der Waals surface area contributed by atoms with Crippen molar-refractivity contribution in [3.8, 4) is 0 Å². The number of hydrogen-bond donors (Lipinski definition) is 4. The molecule has 0 aliphatic carbocycles. The molecule has 0 saturated heterocycles. The second kappa shape index (κ2) is 10.9. The Kier molecular flexibility index (Phi) is 9.25. The first-order valence-corrected chi connectivity index (χ1v) is 9.18. The van der Waals surface area contributed by atoms with E-state index in [2.05, 4.69) is 16.0 Å². The smallest absolute Gasteiger partial charge is 0.319 e. The van der Waals surface area contributed by atoms with Gasteiger partial charge in [0.15, 0.2) is 0 Å². The maximum Gasteiger partial charge on any atom is 0.319 e. The number of amides is 3. The third-order valence-corrected chi connectivity index (χ3v) is 4.38. The van der Waals surface area contributed by atoms with Gasteiger partial charge in [-0.25, -0.2) is 4.79 Å². The molecule has 0 saturated carbocycles. The lowest BCUT2D eigenvalue weighted by Gasteiger charge is -2.23. The molecule has 0 spiro atoms. The molecular weight excluding hydrogens is 399 g/mol. The largest absolute Gasteiger partial charge is 0.334 e. The monoisotopic (exact) mass is 424 g/mol. The number of nitrogens with one attached hydrogen (secondary N) is 3. The van der Waals surface area contributed by atoms with E-state index in [1.807, 2.05) is 19.1 Å². The number of halogens is 2. The maximum absolute atomic E-state index is 12.3. The number of urea groups is 1. The Bertz CT molecular complexity index is 812. The van der Waals surface area contributed by atoms with Crippen molar-refractivity contribution in [3.63, 3.8) is 0 Å². The molecule has 0 bridgehead atoms. The Hall–Kier alpha value is -2.28. The van der Waals surface area contributed by atoms with Crippen LogP contribution in [0.25, 0.3) is 0 Å². The molecule has 1 unspecified atom stereocenters. The van der Waals surface area contributed by atoms with Crippen LogP contribution in [-0.2, 0) is 11.3 Å². The van der Waals surface area contributed by atoms with Gasteiger partial charge in [-0.1, -0.05) is 49.2 Å². The van der Waals surface area contributed by atoms with Crippen molar-refractivity contribution in [1.29, 1.82) is 0 Å². The Morgan fingerprint density at radius 2 is 1.82 bits per heavy atom. The maximum atomic E-state index is 12.3. The molecule has 8 heteroatoms. The molecule has 0 radical (unpaired) electrons. The zero-order valence-electron chi connectivity index (χ0n) is 15.9. The zero-order chi connectivity index (χ0) is 19.9. The first kappa shape index (κ1) is 23.8. The van der Waals surface area contributed by atoms with E-state index in [0.717, 1.165) is 12.0 Å². The number of nitrogens with two attached hydrogens (primary N) is 1. The van der Waals surface area contributed by atoms with Crippen LogP contribution in [0.15, 0.2) is 48.5 Å². The SMILES string of the molecule is CCCC(C)(N)C(=O)Nc1cccc(CNC(=O)Nc2ccccc2Cl)c1.Cl. The highest BCUT2D eigenvalue weighted by molar-refractivity contribution is 6.33. The van der Waals surface area contributed by atoms with E-state index in [1.165, 1.54) is 0 Å². The third-order valence-electron chi connectivity index (χ3n) is 4.05. The minimum atomic E-state index is -0.919. The van der Waals surface area contributed by atoms with Gasteiger partial charge in [0.25, 0.3) is 0 Å². The van der Waals surface area contributed by atoms with Gasteiger partial charge in [0.05, 0.1) is 16.2 Å². The number of para-hydroxylation sites is 1. The predicted molar refractivity (Wildman–Crippen MR) is 117 cm³/mol. The molecule has 2 rings (SSSR count). The minimum absolute atomic E-state index is 0. The highest BCUT2D eigenvalue weighted by Gasteiger charge is 2.27. The van der Waals surface area contributed by atoms with Crippen LogP contribution in [0.4, 0.5) is 16.2 Å². The van der Waals surface area contributed by atoms with Crippen LogP contribution in [0, 0.1) is 0 Å². The summed E-state index contributed by atoms with van der Waals surface area (Å²) in [5, 5.41) is 8.75. The van der Waals surface area contributed by atoms with Crippen LogP contribution in [0.3, 0.4) is 0 Å². The highest BCUT2D eigenvalue weighted by atomic mass is 35.5. The van der Waals surface area contributed by atoms with Crippen molar-refractivity contribution in [2.45, 2.75) is 38.8 Å². The molecule has 28 heavy (non-hydrogen) atoms. The van der Waals surface area contributed by atoms with Gasteiger partial charge in [0, 0.05) is 12.2 Å². The lowest BCUT2D eigenvalue weighted by molar-refractivity contribution is -0.120. The van der Waals surface area contributed by atoms with Crippen molar-refractivity contribution in [1.82, 2.24) is 5.32 Å². The van der Waals surface area contributed by atoms with Gasteiger partial charge in [-0.2, -0.15) is 0 Å². The van der Waals surface area contributed by atoms with Crippen molar-refractivity contribution >= 4 is 47.3 Å². The van der Waals surface area contributed by atoms with E-state index in [9.17, 15) is 9.59 Å². The van der Waals surface area contributed by atoms with Crippen molar-refractivity contribution in [2.24, 2.45) is 5.73 Å². The molecule has 1 atom stereocenters. The predicted octanol–water partition coefficient (Wildman–Crippen LogP) is 4.54. The van der Waals surface area contributed by atoms with Crippen LogP contribution in [0.2, 0.25) is 5.02 Å². The number of hydrogen-bond acceptors (Lipinski definition) is 3. The summed E-state index contributed by atoms with van der Waals surface area (Å²) >= 11 is 6.02. The van der Waals surface area contributed by atoms with Gasteiger partial charge in [-0.05, 0) is 43.2 Å².